The first-order chi connectivity index (χ1) is 17.6. The first-order valence-corrected chi connectivity index (χ1v) is 13.1. The number of fused-ring (bicyclic) bond motifs is 1. The molecular formula is C28H31N3O5S. The standard InChI is InChI=1S/C28H31N3O5S/c1-5-36-21-13-9-19(10-14-21)29-26(33)24-22-15-8-18(28(2,3)4)16-23(22)37-27(24)30-25(32)17-6-11-20(12-7-17)31(34)35/h6-7,9-14,18H,5,8,15-16H2,1-4H3,(H,29,33)(H,30,32). The van der Waals surface area contributed by atoms with Crippen molar-refractivity contribution in [2.75, 3.05) is 17.2 Å². The zero-order valence-corrected chi connectivity index (χ0v) is 22.2. The van der Waals surface area contributed by atoms with Gasteiger partial charge in [-0.2, -0.15) is 0 Å². The van der Waals surface area contributed by atoms with Gasteiger partial charge in [-0.15, -0.1) is 11.3 Å². The van der Waals surface area contributed by atoms with Crippen LogP contribution in [0.25, 0.3) is 0 Å². The summed E-state index contributed by atoms with van der Waals surface area (Å²) in [7, 11) is 0. The Morgan fingerprint density at radius 1 is 1.05 bits per heavy atom. The molecule has 3 aromatic rings. The predicted octanol–water partition coefficient (Wildman–Crippen LogP) is 6.71. The van der Waals surface area contributed by atoms with Gasteiger partial charge in [-0.3, -0.25) is 19.7 Å². The summed E-state index contributed by atoms with van der Waals surface area (Å²) in [6.45, 7) is 9.15. The maximum Gasteiger partial charge on any atom is 0.269 e. The van der Waals surface area contributed by atoms with Crippen LogP contribution in [-0.2, 0) is 12.8 Å². The minimum atomic E-state index is -0.510. The van der Waals surface area contributed by atoms with Crippen LogP contribution >= 0.6 is 11.3 Å². The van der Waals surface area contributed by atoms with Gasteiger partial charge in [-0.05, 0) is 79.5 Å². The Hall–Kier alpha value is -3.72. The molecule has 0 bridgehead atoms. The molecule has 1 aromatic heterocycles. The lowest BCUT2D eigenvalue weighted by Gasteiger charge is -2.33. The summed E-state index contributed by atoms with van der Waals surface area (Å²) in [4.78, 5) is 38.1. The molecule has 194 valence electrons. The molecule has 1 aliphatic rings. The zero-order valence-electron chi connectivity index (χ0n) is 21.4. The highest BCUT2D eigenvalue weighted by Gasteiger charge is 2.34. The fourth-order valence-electron chi connectivity index (χ4n) is 4.56. The second-order valence-electron chi connectivity index (χ2n) is 10.2. The van der Waals surface area contributed by atoms with Gasteiger partial charge < -0.3 is 15.4 Å². The van der Waals surface area contributed by atoms with E-state index in [1.54, 1.807) is 24.3 Å². The number of hydrogen-bond donors (Lipinski definition) is 2. The number of nitrogens with one attached hydrogen (secondary N) is 2. The Kier molecular flexibility index (Phi) is 7.63. The average Bonchev–Trinajstić information content (AvgIpc) is 3.22. The summed E-state index contributed by atoms with van der Waals surface area (Å²) in [6.07, 6.45) is 2.57. The molecule has 0 saturated heterocycles. The number of hydrogen-bond acceptors (Lipinski definition) is 6. The minimum Gasteiger partial charge on any atom is -0.494 e. The molecule has 0 fully saturated rings. The molecule has 2 aromatic carbocycles. The smallest absolute Gasteiger partial charge is 0.269 e. The van der Waals surface area contributed by atoms with Crippen LogP contribution in [0.2, 0.25) is 0 Å². The summed E-state index contributed by atoms with van der Waals surface area (Å²) in [5.74, 6) is 0.488. The molecule has 0 radical (unpaired) electrons. The molecule has 0 spiro atoms. The first-order valence-electron chi connectivity index (χ1n) is 12.3. The van der Waals surface area contributed by atoms with Gasteiger partial charge in [0, 0.05) is 28.3 Å². The maximum absolute atomic E-state index is 13.5. The number of rotatable bonds is 7. The Balaban J connectivity index is 1.63. The number of carbonyl (C=O) groups excluding carboxylic acids is 2. The van der Waals surface area contributed by atoms with Crippen molar-refractivity contribution in [2.24, 2.45) is 11.3 Å². The molecule has 0 saturated carbocycles. The molecule has 8 nitrogen and oxygen atoms in total. The van der Waals surface area contributed by atoms with Crippen LogP contribution in [0.1, 0.15) is 65.3 Å². The predicted molar refractivity (Wildman–Crippen MR) is 146 cm³/mol. The number of nitrogens with zero attached hydrogens (tertiary/aromatic N) is 1. The highest BCUT2D eigenvalue weighted by Crippen LogP contribution is 2.44. The van der Waals surface area contributed by atoms with E-state index in [1.807, 2.05) is 6.92 Å². The lowest BCUT2D eigenvalue weighted by molar-refractivity contribution is -0.384. The molecule has 0 aliphatic heterocycles. The fourth-order valence-corrected chi connectivity index (χ4v) is 5.88. The largest absolute Gasteiger partial charge is 0.494 e. The number of carbonyl (C=O) groups is 2. The average molecular weight is 522 g/mol. The van der Waals surface area contributed by atoms with Gasteiger partial charge >= 0.3 is 0 Å². The van der Waals surface area contributed by atoms with Crippen LogP contribution in [0.4, 0.5) is 16.4 Å². The van der Waals surface area contributed by atoms with Gasteiger partial charge in [0.1, 0.15) is 10.8 Å². The number of benzene rings is 2. The van der Waals surface area contributed by atoms with Gasteiger partial charge in [-0.1, -0.05) is 20.8 Å². The number of anilines is 2. The molecule has 2 N–H and O–H groups in total. The van der Waals surface area contributed by atoms with Gasteiger partial charge in [0.2, 0.25) is 0 Å². The third kappa shape index (κ3) is 5.99. The third-order valence-corrected chi connectivity index (χ3v) is 7.88. The lowest BCUT2D eigenvalue weighted by Crippen LogP contribution is -2.27. The SMILES string of the molecule is CCOc1ccc(NC(=O)c2c(NC(=O)c3ccc([N+](=O)[O-])cc3)sc3c2CCC(C(C)(C)C)C3)cc1. The number of thiophene rings is 1. The summed E-state index contributed by atoms with van der Waals surface area (Å²) in [5.41, 5.74) is 2.41. The molecule has 37 heavy (non-hydrogen) atoms. The maximum atomic E-state index is 13.5. The van der Waals surface area contributed by atoms with Gasteiger partial charge in [0.15, 0.2) is 0 Å². The quantitative estimate of drug-likeness (QED) is 0.265. The molecule has 2 amide bonds. The number of ether oxygens (including phenoxy) is 1. The van der Waals surface area contributed by atoms with Crippen LogP contribution in [0.5, 0.6) is 5.75 Å². The van der Waals surface area contributed by atoms with Crippen molar-refractivity contribution in [1.29, 1.82) is 0 Å². The van der Waals surface area contributed by atoms with Gasteiger partial charge in [-0.25, -0.2) is 0 Å². The van der Waals surface area contributed by atoms with E-state index < -0.39 is 10.8 Å². The number of nitro benzene ring substituents is 1. The summed E-state index contributed by atoms with van der Waals surface area (Å²) in [5, 5.41) is 17.3. The second-order valence-corrected chi connectivity index (χ2v) is 11.3. The molecule has 4 rings (SSSR count). The molecule has 1 unspecified atom stereocenters. The van der Waals surface area contributed by atoms with Crippen molar-refractivity contribution in [3.05, 3.63) is 80.2 Å². The van der Waals surface area contributed by atoms with Crippen LogP contribution in [0.15, 0.2) is 48.5 Å². The van der Waals surface area contributed by atoms with Crippen molar-refractivity contribution in [2.45, 2.75) is 47.0 Å². The van der Waals surface area contributed by atoms with E-state index in [9.17, 15) is 19.7 Å². The van der Waals surface area contributed by atoms with Crippen LogP contribution in [0.3, 0.4) is 0 Å². The van der Waals surface area contributed by atoms with Gasteiger partial charge in [0.05, 0.1) is 17.1 Å². The molecule has 9 heteroatoms. The fraction of sp³-hybridized carbons (Fsp3) is 0.357. The van der Waals surface area contributed by atoms with E-state index in [-0.39, 0.29) is 22.6 Å². The Morgan fingerprint density at radius 2 is 1.73 bits per heavy atom. The Labute approximate surface area is 220 Å². The molecule has 1 heterocycles. The number of nitro groups is 1. The van der Waals surface area contributed by atoms with E-state index in [0.717, 1.165) is 35.5 Å². The molecular weight excluding hydrogens is 490 g/mol. The van der Waals surface area contributed by atoms with Crippen molar-refractivity contribution in [1.82, 2.24) is 0 Å². The number of amides is 2. The molecule has 1 atom stereocenters. The summed E-state index contributed by atoms with van der Waals surface area (Å²) >= 11 is 1.44. The van der Waals surface area contributed by atoms with Crippen molar-refractivity contribution < 1.29 is 19.2 Å². The third-order valence-electron chi connectivity index (χ3n) is 6.71. The van der Waals surface area contributed by atoms with E-state index in [0.29, 0.717) is 28.8 Å². The Bertz CT molecular complexity index is 1310. The van der Waals surface area contributed by atoms with E-state index >= 15 is 0 Å². The highest BCUT2D eigenvalue weighted by molar-refractivity contribution is 7.17. The monoisotopic (exact) mass is 521 g/mol. The van der Waals surface area contributed by atoms with Crippen LogP contribution in [-0.4, -0.2) is 23.3 Å². The van der Waals surface area contributed by atoms with Crippen LogP contribution in [0, 0.1) is 21.4 Å². The lowest BCUT2D eigenvalue weighted by atomic mass is 9.72. The normalized spacial score (nSPS) is 15.0. The van der Waals surface area contributed by atoms with Gasteiger partial charge in [0.25, 0.3) is 17.5 Å². The number of non-ortho nitro benzene ring substituents is 1. The van der Waals surface area contributed by atoms with Crippen molar-refractivity contribution in [3.63, 3.8) is 0 Å². The zero-order chi connectivity index (χ0) is 26.7. The minimum absolute atomic E-state index is 0.0909. The topological polar surface area (TPSA) is 111 Å². The summed E-state index contributed by atoms with van der Waals surface area (Å²) < 4.78 is 5.48. The van der Waals surface area contributed by atoms with Crippen molar-refractivity contribution in [3.8, 4) is 5.75 Å². The highest BCUT2D eigenvalue weighted by atomic mass is 32.1. The first kappa shape index (κ1) is 26.3. The van der Waals surface area contributed by atoms with E-state index in [1.165, 1.54) is 35.6 Å². The Morgan fingerprint density at radius 3 is 2.32 bits per heavy atom. The van der Waals surface area contributed by atoms with E-state index in [4.69, 9.17) is 4.74 Å². The summed E-state index contributed by atoms with van der Waals surface area (Å²) in [6, 6.07) is 12.6. The van der Waals surface area contributed by atoms with Crippen molar-refractivity contribution >= 4 is 39.5 Å². The van der Waals surface area contributed by atoms with Crippen LogP contribution < -0.4 is 15.4 Å². The molecule has 1 aliphatic carbocycles. The van der Waals surface area contributed by atoms with E-state index in [2.05, 4.69) is 31.4 Å². The second kappa shape index (κ2) is 10.7.